The maximum atomic E-state index is 11.4. The SMILES string of the molecule is CC(C)(C)OC(=O)NCCNc1ccc(C#N)c(N)n1. The van der Waals surface area contributed by atoms with Crippen molar-refractivity contribution in [1.82, 2.24) is 10.3 Å². The van der Waals surface area contributed by atoms with Gasteiger partial charge in [0.1, 0.15) is 23.3 Å². The molecule has 0 bridgehead atoms. The molecule has 0 spiro atoms. The van der Waals surface area contributed by atoms with Crippen molar-refractivity contribution in [1.29, 1.82) is 5.26 Å². The summed E-state index contributed by atoms with van der Waals surface area (Å²) in [6.07, 6.45) is -0.466. The lowest BCUT2D eigenvalue weighted by molar-refractivity contribution is 0.0530. The minimum Gasteiger partial charge on any atom is -0.444 e. The maximum absolute atomic E-state index is 11.4. The number of hydrogen-bond acceptors (Lipinski definition) is 6. The summed E-state index contributed by atoms with van der Waals surface area (Å²) in [4.78, 5) is 15.4. The van der Waals surface area contributed by atoms with E-state index in [4.69, 9.17) is 15.7 Å². The predicted molar refractivity (Wildman–Crippen MR) is 76.1 cm³/mol. The molecule has 1 rings (SSSR count). The molecule has 7 nitrogen and oxygen atoms in total. The number of amides is 1. The molecule has 0 aliphatic carbocycles. The highest BCUT2D eigenvalue weighted by atomic mass is 16.6. The molecule has 0 aliphatic heterocycles. The molecule has 0 saturated carbocycles. The van der Waals surface area contributed by atoms with Crippen molar-refractivity contribution in [2.24, 2.45) is 0 Å². The molecule has 0 saturated heterocycles. The van der Waals surface area contributed by atoms with Gasteiger partial charge in [0.15, 0.2) is 0 Å². The highest BCUT2D eigenvalue weighted by molar-refractivity contribution is 5.67. The molecule has 0 fully saturated rings. The van der Waals surface area contributed by atoms with Crippen LogP contribution >= 0.6 is 0 Å². The van der Waals surface area contributed by atoms with Crippen molar-refractivity contribution in [3.63, 3.8) is 0 Å². The second-order valence-corrected chi connectivity index (χ2v) is 5.10. The third-order valence-corrected chi connectivity index (χ3v) is 2.14. The van der Waals surface area contributed by atoms with E-state index in [1.165, 1.54) is 0 Å². The molecule has 20 heavy (non-hydrogen) atoms. The zero-order valence-corrected chi connectivity index (χ0v) is 11.9. The van der Waals surface area contributed by atoms with E-state index >= 15 is 0 Å². The molecule has 4 N–H and O–H groups in total. The van der Waals surface area contributed by atoms with E-state index in [0.29, 0.717) is 24.5 Å². The van der Waals surface area contributed by atoms with E-state index in [9.17, 15) is 4.79 Å². The first-order valence-corrected chi connectivity index (χ1v) is 6.19. The van der Waals surface area contributed by atoms with Gasteiger partial charge < -0.3 is 21.1 Å². The van der Waals surface area contributed by atoms with Crippen LogP contribution in [0.15, 0.2) is 12.1 Å². The third kappa shape index (κ3) is 5.44. The number of nitrogens with zero attached hydrogens (tertiary/aromatic N) is 2. The van der Waals surface area contributed by atoms with Gasteiger partial charge in [-0.1, -0.05) is 0 Å². The first-order chi connectivity index (χ1) is 9.31. The number of anilines is 2. The molecule has 0 atom stereocenters. The topological polar surface area (TPSA) is 113 Å². The summed E-state index contributed by atoms with van der Waals surface area (Å²) in [7, 11) is 0. The monoisotopic (exact) mass is 277 g/mol. The Bertz CT molecular complexity index is 516. The summed E-state index contributed by atoms with van der Waals surface area (Å²) in [5.74, 6) is 0.727. The zero-order valence-electron chi connectivity index (χ0n) is 11.9. The maximum Gasteiger partial charge on any atom is 0.407 e. The third-order valence-electron chi connectivity index (χ3n) is 2.14. The standard InChI is InChI=1S/C13H19N5O2/c1-13(2,3)20-12(19)17-7-6-16-10-5-4-9(8-14)11(15)18-10/h4-5H,6-7H2,1-3H3,(H,17,19)(H3,15,16,18). The van der Waals surface area contributed by atoms with Crippen molar-refractivity contribution < 1.29 is 9.53 Å². The average Bonchev–Trinajstić information content (AvgIpc) is 2.33. The van der Waals surface area contributed by atoms with Gasteiger partial charge in [-0.05, 0) is 32.9 Å². The second-order valence-electron chi connectivity index (χ2n) is 5.10. The molecular weight excluding hydrogens is 258 g/mol. The zero-order chi connectivity index (χ0) is 15.2. The first kappa shape index (κ1) is 15.6. The van der Waals surface area contributed by atoms with E-state index in [1.807, 2.05) is 6.07 Å². The van der Waals surface area contributed by atoms with E-state index in [2.05, 4.69) is 15.6 Å². The fraction of sp³-hybridized carbons (Fsp3) is 0.462. The van der Waals surface area contributed by atoms with Crippen LogP contribution in [0.25, 0.3) is 0 Å². The lowest BCUT2D eigenvalue weighted by Gasteiger charge is -2.19. The van der Waals surface area contributed by atoms with Gasteiger partial charge in [0.25, 0.3) is 0 Å². The molecule has 1 aromatic rings. The molecule has 0 aromatic carbocycles. The molecule has 0 radical (unpaired) electrons. The fourth-order valence-electron chi connectivity index (χ4n) is 1.34. The molecule has 1 amide bonds. The van der Waals surface area contributed by atoms with Crippen LogP contribution in [0.5, 0.6) is 0 Å². The lowest BCUT2D eigenvalue weighted by Crippen LogP contribution is -2.35. The van der Waals surface area contributed by atoms with Gasteiger partial charge in [-0.3, -0.25) is 0 Å². The van der Waals surface area contributed by atoms with Gasteiger partial charge in [0.2, 0.25) is 0 Å². The predicted octanol–water partition coefficient (Wildman–Crippen LogP) is 1.47. The summed E-state index contributed by atoms with van der Waals surface area (Å²) < 4.78 is 5.09. The van der Waals surface area contributed by atoms with Crippen molar-refractivity contribution in [3.05, 3.63) is 17.7 Å². The molecule has 1 aromatic heterocycles. The summed E-state index contributed by atoms with van der Waals surface area (Å²) in [5, 5.41) is 14.3. The average molecular weight is 277 g/mol. The van der Waals surface area contributed by atoms with E-state index in [1.54, 1.807) is 32.9 Å². The Morgan fingerprint density at radius 1 is 1.45 bits per heavy atom. The van der Waals surface area contributed by atoms with E-state index < -0.39 is 11.7 Å². The van der Waals surface area contributed by atoms with Gasteiger partial charge in [-0.2, -0.15) is 5.26 Å². The van der Waals surface area contributed by atoms with Crippen molar-refractivity contribution >= 4 is 17.7 Å². The Balaban J connectivity index is 2.33. The van der Waals surface area contributed by atoms with E-state index in [0.717, 1.165) is 0 Å². The number of aromatic nitrogens is 1. The van der Waals surface area contributed by atoms with Crippen LogP contribution in [0.1, 0.15) is 26.3 Å². The quantitative estimate of drug-likeness (QED) is 0.718. The molecule has 7 heteroatoms. The lowest BCUT2D eigenvalue weighted by atomic mass is 10.2. The van der Waals surface area contributed by atoms with Gasteiger partial charge in [-0.15, -0.1) is 0 Å². The number of rotatable bonds is 4. The Kier molecular flexibility index (Phi) is 5.15. The van der Waals surface area contributed by atoms with Gasteiger partial charge >= 0.3 is 6.09 Å². The summed E-state index contributed by atoms with van der Waals surface area (Å²) in [6, 6.07) is 5.18. The van der Waals surface area contributed by atoms with Crippen molar-refractivity contribution in [2.75, 3.05) is 24.1 Å². The van der Waals surface area contributed by atoms with Gasteiger partial charge in [0.05, 0.1) is 5.56 Å². The van der Waals surface area contributed by atoms with Gasteiger partial charge in [0, 0.05) is 13.1 Å². The Labute approximate surface area is 118 Å². The van der Waals surface area contributed by atoms with E-state index in [-0.39, 0.29) is 5.82 Å². The van der Waals surface area contributed by atoms with Crippen LogP contribution in [0.3, 0.4) is 0 Å². The van der Waals surface area contributed by atoms with Crippen LogP contribution in [-0.2, 0) is 4.74 Å². The minimum absolute atomic E-state index is 0.178. The minimum atomic E-state index is -0.513. The number of pyridine rings is 1. The Hall–Kier alpha value is -2.49. The Morgan fingerprint density at radius 2 is 2.15 bits per heavy atom. The van der Waals surface area contributed by atoms with Crippen LogP contribution in [0.2, 0.25) is 0 Å². The fourth-order valence-corrected chi connectivity index (χ4v) is 1.34. The highest BCUT2D eigenvalue weighted by Crippen LogP contribution is 2.11. The van der Waals surface area contributed by atoms with Gasteiger partial charge in [-0.25, -0.2) is 9.78 Å². The number of nitriles is 1. The normalized spacial score (nSPS) is 10.5. The summed E-state index contributed by atoms with van der Waals surface area (Å²) in [5.41, 5.74) is 5.41. The van der Waals surface area contributed by atoms with Crippen LogP contribution in [-0.4, -0.2) is 29.8 Å². The smallest absolute Gasteiger partial charge is 0.407 e. The molecular formula is C13H19N5O2. The molecule has 1 heterocycles. The van der Waals surface area contributed by atoms with Crippen molar-refractivity contribution in [2.45, 2.75) is 26.4 Å². The number of hydrogen-bond donors (Lipinski definition) is 3. The molecule has 0 aliphatic rings. The van der Waals surface area contributed by atoms with Crippen LogP contribution < -0.4 is 16.4 Å². The van der Waals surface area contributed by atoms with Crippen LogP contribution in [0, 0.1) is 11.3 Å². The van der Waals surface area contributed by atoms with Crippen molar-refractivity contribution in [3.8, 4) is 6.07 Å². The summed E-state index contributed by atoms with van der Waals surface area (Å²) >= 11 is 0. The molecule has 108 valence electrons. The number of carbonyl (C=O) groups excluding carboxylic acids is 1. The number of alkyl carbamates (subject to hydrolysis) is 1. The molecule has 0 unspecified atom stereocenters. The number of carbonyl (C=O) groups is 1. The number of nitrogens with one attached hydrogen (secondary N) is 2. The number of nitrogens with two attached hydrogens (primary N) is 1. The summed E-state index contributed by atoms with van der Waals surface area (Å²) in [6.45, 7) is 6.25. The largest absolute Gasteiger partial charge is 0.444 e. The number of nitrogen functional groups attached to an aromatic ring is 1. The highest BCUT2D eigenvalue weighted by Gasteiger charge is 2.15. The first-order valence-electron chi connectivity index (χ1n) is 6.19. The second kappa shape index (κ2) is 6.61. The Morgan fingerprint density at radius 3 is 2.70 bits per heavy atom. The van der Waals surface area contributed by atoms with Crippen LogP contribution in [0.4, 0.5) is 16.4 Å². The number of ether oxygens (including phenoxy) is 1.